The molecule has 4 rings (SSSR count). The quantitative estimate of drug-likeness (QED) is 0.528. The molecule has 31 heavy (non-hydrogen) atoms. The second kappa shape index (κ2) is 7.93. The molecule has 1 amide bonds. The molecule has 0 aliphatic carbocycles. The van der Waals surface area contributed by atoms with Crippen molar-refractivity contribution in [3.8, 4) is 17.2 Å². The fourth-order valence-electron chi connectivity index (χ4n) is 4.63. The lowest BCUT2D eigenvalue weighted by Crippen LogP contribution is -2.49. The van der Waals surface area contributed by atoms with Crippen LogP contribution in [0.3, 0.4) is 0 Å². The number of rotatable bonds is 5. The minimum atomic E-state index is -0.653. The molecule has 0 saturated carbocycles. The number of aromatic nitrogens is 1. The predicted molar refractivity (Wildman–Crippen MR) is 110 cm³/mol. The van der Waals surface area contributed by atoms with Gasteiger partial charge in [-0.15, -0.1) is 0 Å². The van der Waals surface area contributed by atoms with E-state index in [2.05, 4.69) is 0 Å². The summed E-state index contributed by atoms with van der Waals surface area (Å²) in [5.74, 6) is 1.00. The number of carbonyl (C=O) groups excluding carboxylic acids is 1. The number of fused-ring (bicyclic) bond motifs is 4. The molecule has 10 heteroatoms. The number of methoxy groups -OCH3 is 3. The normalized spacial score (nSPS) is 19.4. The number of nitrogens with zero attached hydrogens (tertiary/aromatic N) is 3. The third-order valence-corrected chi connectivity index (χ3v) is 5.98. The third-order valence-electron chi connectivity index (χ3n) is 5.98. The molecule has 3 heterocycles. The number of piperidine rings is 1. The summed E-state index contributed by atoms with van der Waals surface area (Å²) in [5.41, 5.74) is 0.139. The van der Waals surface area contributed by atoms with Crippen LogP contribution in [0, 0.1) is 16.0 Å². The van der Waals surface area contributed by atoms with Crippen LogP contribution < -0.4 is 19.8 Å². The standard InChI is InChI=1S/C21H23N3O7/c1-29-17-7-13(8-18(30-2)19(17)31-3)20(25)22-9-12-6-14(11-22)15-4-5-16(24(27)28)21(26)23(15)10-12/h4-5,7-8,12,14H,6,9-11H2,1-3H3/t12-,14-/m1/s1. The van der Waals surface area contributed by atoms with E-state index in [4.69, 9.17) is 14.2 Å². The van der Waals surface area contributed by atoms with Crippen LogP contribution in [0.5, 0.6) is 17.2 Å². The molecule has 2 bridgehead atoms. The Morgan fingerprint density at radius 3 is 2.32 bits per heavy atom. The van der Waals surface area contributed by atoms with E-state index >= 15 is 0 Å². The van der Waals surface area contributed by atoms with Crippen LogP contribution in [-0.4, -0.2) is 54.7 Å². The average Bonchev–Trinajstić information content (AvgIpc) is 2.77. The molecule has 0 N–H and O–H groups in total. The van der Waals surface area contributed by atoms with Crippen molar-refractivity contribution in [1.82, 2.24) is 9.47 Å². The van der Waals surface area contributed by atoms with Gasteiger partial charge in [-0.25, -0.2) is 0 Å². The zero-order valence-electron chi connectivity index (χ0n) is 17.5. The summed E-state index contributed by atoms with van der Waals surface area (Å²) in [6.45, 7) is 1.23. The van der Waals surface area contributed by atoms with Crippen molar-refractivity contribution < 1.29 is 23.9 Å². The number of likely N-dealkylation sites (tertiary alicyclic amines) is 1. The first kappa shape index (κ1) is 20.7. The first-order valence-electron chi connectivity index (χ1n) is 9.85. The van der Waals surface area contributed by atoms with Gasteiger partial charge in [0, 0.05) is 42.9 Å². The van der Waals surface area contributed by atoms with E-state index in [-0.39, 0.29) is 17.7 Å². The number of ether oxygens (including phenoxy) is 3. The molecule has 1 aromatic heterocycles. The lowest BCUT2D eigenvalue weighted by atomic mass is 9.83. The minimum Gasteiger partial charge on any atom is -0.493 e. The zero-order valence-corrected chi connectivity index (χ0v) is 17.5. The van der Waals surface area contributed by atoms with Crippen LogP contribution in [0.15, 0.2) is 29.1 Å². The van der Waals surface area contributed by atoms with Crippen LogP contribution in [-0.2, 0) is 6.54 Å². The number of hydrogen-bond donors (Lipinski definition) is 0. The van der Waals surface area contributed by atoms with Gasteiger partial charge < -0.3 is 23.7 Å². The second-order valence-electron chi connectivity index (χ2n) is 7.74. The van der Waals surface area contributed by atoms with E-state index in [1.165, 1.54) is 32.0 Å². The second-order valence-corrected chi connectivity index (χ2v) is 7.74. The predicted octanol–water partition coefficient (Wildman–Crippen LogP) is 2.04. The van der Waals surface area contributed by atoms with Gasteiger partial charge in [-0.1, -0.05) is 0 Å². The van der Waals surface area contributed by atoms with Crippen molar-refractivity contribution in [3.63, 3.8) is 0 Å². The molecule has 0 spiro atoms. The Morgan fingerprint density at radius 2 is 1.74 bits per heavy atom. The van der Waals surface area contributed by atoms with Crippen LogP contribution in [0.1, 0.15) is 28.4 Å². The molecule has 164 valence electrons. The summed E-state index contributed by atoms with van der Waals surface area (Å²) in [6.07, 6.45) is 0.830. The molecule has 1 aromatic carbocycles. The Balaban J connectivity index is 1.65. The molecule has 2 aliphatic heterocycles. The number of pyridine rings is 1. The van der Waals surface area contributed by atoms with E-state index in [1.54, 1.807) is 23.1 Å². The number of hydrogen-bond acceptors (Lipinski definition) is 7. The van der Waals surface area contributed by atoms with Gasteiger partial charge in [-0.3, -0.25) is 19.7 Å². The van der Waals surface area contributed by atoms with Crippen LogP contribution in [0.2, 0.25) is 0 Å². The van der Waals surface area contributed by atoms with Crippen molar-refractivity contribution in [3.05, 3.63) is 56.0 Å². The topological polar surface area (TPSA) is 113 Å². The maximum atomic E-state index is 13.3. The van der Waals surface area contributed by atoms with Gasteiger partial charge in [-0.05, 0) is 30.5 Å². The van der Waals surface area contributed by atoms with Crippen molar-refractivity contribution in [2.75, 3.05) is 34.4 Å². The first-order valence-corrected chi connectivity index (χ1v) is 9.85. The maximum absolute atomic E-state index is 13.3. The Hall–Kier alpha value is -3.56. The first-order chi connectivity index (χ1) is 14.9. The molecule has 2 atom stereocenters. The van der Waals surface area contributed by atoms with E-state index in [9.17, 15) is 19.7 Å². The Labute approximate surface area is 178 Å². The summed E-state index contributed by atoms with van der Waals surface area (Å²) in [6, 6.07) is 6.13. The lowest BCUT2D eigenvalue weighted by molar-refractivity contribution is -0.386. The van der Waals surface area contributed by atoms with Crippen molar-refractivity contribution in [2.45, 2.75) is 18.9 Å². The van der Waals surface area contributed by atoms with E-state index in [1.807, 2.05) is 0 Å². The lowest BCUT2D eigenvalue weighted by Gasteiger charge is -2.42. The average molecular weight is 429 g/mol. The summed E-state index contributed by atoms with van der Waals surface area (Å²) >= 11 is 0. The fraction of sp³-hybridized carbons (Fsp3) is 0.429. The number of carbonyl (C=O) groups is 1. The van der Waals surface area contributed by atoms with Crippen molar-refractivity contribution >= 4 is 11.6 Å². The van der Waals surface area contributed by atoms with Gasteiger partial charge in [0.1, 0.15) is 0 Å². The SMILES string of the molecule is COc1cc(C(=O)N2C[C@H]3C[C@H](C2)c2ccc([N+](=O)[O-])c(=O)n2C3)cc(OC)c1OC. The number of nitro groups is 1. The van der Waals surface area contributed by atoms with Crippen molar-refractivity contribution in [1.29, 1.82) is 0 Å². The van der Waals surface area contributed by atoms with Crippen molar-refractivity contribution in [2.24, 2.45) is 5.92 Å². The van der Waals surface area contributed by atoms with Gasteiger partial charge in [-0.2, -0.15) is 0 Å². The molecule has 1 fully saturated rings. The number of benzene rings is 1. The highest BCUT2D eigenvalue weighted by molar-refractivity contribution is 5.95. The van der Waals surface area contributed by atoms with E-state index < -0.39 is 16.2 Å². The summed E-state index contributed by atoms with van der Waals surface area (Å²) in [7, 11) is 4.48. The zero-order chi connectivity index (χ0) is 22.3. The van der Waals surface area contributed by atoms with Gasteiger partial charge in [0.25, 0.3) is 5.91 Å². The Bertz CT molecular complexity index is 1090. The van der Waals surface area contributed by atoms with Gasteiger partial charge >= 0.3 is 11.2 Å². The van der Waals surface area contributed by atoms with Gasteiger partial charge in [0.05, 0.1) is 26.3 Å². The highest BCUT2D eigenvalue weighted by Gasteiger charge is 2.38. The molecule has 1 saturated heterocycles. The maximum Gasteiger partial charge on any atom is 0.334 e. The van der Waals surface area contributed by atoms with E-state index in [0.717, 1.165) is 12.1 Å². The molecule has 0 unspecified atom stereocenters. The van der Waals surface area contributed by atoms with Crippen LogP contribution in [0.25, 0.3) is 0 Å². The van der Waals surface area contributed by atoms with Gasteiger partial charge in [0.15, 0.2) is 11.5 Å². The largest absolute Gasteiger partial charge is 0.493 e. The Morgan fingerprint density at radius 1 is 1.06 bits per heavy atom. The highest BCUT2D eigenvalue weighted by Crippen LogP contribution is 2.40. The molecular weight excluding hydrogens is 406 g/mol. The molecule has 2 aliphatic rings. The third kappa shape index (κ3) is 3.47. The minimum absolute atomic E-state index is 0.0388. The molecule has 0 radical (unpaired) electrons. The summed E-state index contributed by atoms with van der Waals surface area (Å²) in [5, 5.41) is 11.1. The summed E-state index contributed by atoms with van der Waals surface area (Å²) < 4.78 is 17.5. The van der Waals surface area contributed by atoms with Crippen LogP contribution in [0.4, 0.5) is 5.69 Å². The molecule has 2 aromatic rings. The Kier molecular flexibility index (Phi) is 5.30. The van der Waals surface area contributed by atoms with Crippen LogP contribution >= 0.6 is 0 Å². The summed E-state index contributed by atoms with van der Waals surface area (Å²) in [4.78, 5) is 38.0. The monoisotopic (exact) mass is 429 g/mol. The van der Waals surface area contributed by atoms with E-state index in [0.29, 0.717) is 42.4 Å². The fourth-order valence-corrected chi connectivity index (χ4v) is 4.63. The highest BCUT2D eigenvalue weighted by atomic mass is 16.6. The molecular formula is C21H23N3O7. The van der Waals surface area contributed by atoms with Gasteiger partial charge in [0.2, 0.25) is 5.75 Å². The molecule has 10 nitrogen and oxygen atoms in total. The number of amides is 1. The smallest absolute Gasteiger partial charge is 0.334 e.